The third-order valence-electron chi connectivity index (χ3n) is 2.55. The van der Waals surface area contributed by atoms with Gasteiger partial charge >= 0.3 is 11.9 Å². The van der Waals surface area contributed by atoms with Crippen molar-refractivity contribution in [2.24, 2.45) is 5.92 Å². The van der Waals surface area contributed by atoms with Crippen LogP contribution in [0.25, 0.3) is 6.08 Å². The summed E-state index contributed by atoms with van der Waals surface area (Å²) >= 11 is 0. The number of ether oxygens (including phenoxy) is 2. The van der Waals surface area contributed by atoms with Crippen molar-refractivity contribution in [3.63, 3.8) is 0 Å². The van der Waals surface area contributed by atoms with E-state index >= 15 is 0 Å². The fourth-order valence-corrected chi connectivity index (χ4v) is 1.54. The van der Waals surface area contributed by atoms with Crippen LogP contribution in [0.15, 0.2) is 29.8 Å². The summed E-state index contributed by atoms with van der Waals surface area (Å²) in [6.07, 6.45) is 1.66. The van der Waals surface area contributed by atoms with Gasteiger partial charge in [0.15, 0.2) is 5.92 Å². The van der Waals surface area contributed by atoms with Crippen LogP contribution in [0.5, 0.6) is 0 Å². The number of methoxy groups -OCH3 is 2. The van der Waals surface area contributed by atoms with Crippen molar-refractivity contribution < 1.29 is 28.2 Å². The Morgan fingerprint density at radius 2 is 1.60 bits per heavy atom. The Labute approximate surface area is 115 Å². The maximum absolute atomic E-state index is 12.8. The molecule has 1 aromatic carbocycles. The van der Waals surface area contributed by atoms with E-state index in [2.05, 4.69) is 9.47 Å². The van der Waals surface area contributed by atoms with Crippen LogP contribution in [0.1, 0.15) is 5.56 Å². The van der Waals surface area contributed by atoms with Crippen molar-refractivity contribution in [2.75, 3.05) is 14.2 Å². The highest BCUT2D eigenvalue weighted by Gasteiger charge is 2.32. The number of hydrogen-bond donors (Lipinski definition) is 0. The van der Waals surface area contributed by atoms with Gasteiger partial charge in [-0.15, -0.1) is 0 Å². The number of esters is 2. The summed E-state index contributed by atoms with van der Waals surface area (Å²) in [6.45, 7) is 0. The van der Waals surface area contributed by atoms with Crippen molar-refractivity contribution in [2.45, 2.75) is 0 Å². The summed E-state index contributed by atoms with van der Waals surface area (Å²) in [4.78, 5) is 34.2. The quantitative estimate of drug-likeness (QED) is 0.352. The van der Waals surface area contributed by atoms with E-state index in [1.165, 1.54) is 30.3 Å². The summed E-state index contributed by atoms with van der Waals surface area (Å²) in [7, 11) is 2.19. The molecule has 0 saturated carbocycles. The molecule has 0 heterocycles. The molecule has 5 nitrogen and oxygen atoms in total. The minimum Gasteiger partial charge on any atom is -0.468 e. The van der Waals surface area contributed by atoms with Gasteiger partial charge in [0.25, 0.3) is 0 Å². The first kappa shape index (κ1) is 15.6. The number of carbonyl (C=O) groups excluding carboxylic acids is 3. The summed E-state index contributed by atoms with van der Waals surface area (Å²) in [6, 6.07) is 5.20. The van der Waals surface area contributed by atoms with E-state index in [1.807, 2.05) is 0 Å². The van der Waals surface area contributed by atoms with E-state index in [1.54, 1.807) is 0 Å². The highest BCUT2D eigenvalue weighted by Crippen LogP contribution is 2.17. The van der Waals surface area contributed by atoms with E-state index in [4.69, 9.17) is 0 Å². The molecular weight excluding hydrogens is 267 g/mol. The van der Waals surface area contributed by atoms with Gasteiger partial charge in [-0.2, -0.15) is 0 Å². The van der Waals surface area contributed by atoms with E-state index in [-0.39, 0.29) is 5.57 Å². The molecule has 1 aromatic rings. The van der Waals surface area contributed by atoms with Crippen LogP contribution < -0.4 is 0 Å². The van der Waals surface area contributed by atoms with E-state index in [0.717, 1.165) is 14.2 Å². The van der Waals surface area contributed by atoms with Crippen LogP contribution in [-0.4, -0.2) is 32.4 Å². The molecule has 0 aliphatic carbocycles. The molecule has 106 valence electrons. The van der Waals surface area contributed by atoms with Gasteiger partial charge < -0.3 is 9.47 Å². The zero-order valence-corrected chi connectivity index (χ0v) is 11.0. The van der Waals surface area contributed by atoms with Crippen LogP contribution in [0, 0.1) is 11.7 Å². The van der Waals surface area contributed by atoms with Crippen molar-refractivity contribution in [3.8, 4) is 0 Å². The average Bonchev–Trinajstić information content (AvgIpc) is 2.47. The van der Waals surface area contributed by atoms with Crippen molar-refractivity contribution in [1.29, 1.82) is 0 Å². The minimum atomic E-state index is -1.47. The largest absolute Gasteiger partial charge is 0.468 e. The molecule has 6 heteroatoms. The molecule has 0 spiro atoms. The van der Waals surface area contributed by atoms with Crippen LogP contribution >= 0.6 is 0 Å². The van der Waals surface area contributed by atoms with Crippen LogP contribution in [0.3, 0.4) is 0 Å². The van der Waals surface area contributed by atoms with E-state index < -0.39 is 23.7 Å². The predicted octanol–water partition coefficient (Wildman–Crippen LogP) is 1.37. The third-order valence-corrected chi connectivity index (χ3v) is 2.55. The van der Waals surface area contributed by atoms with Crippen LogP contribution in [0.4, 0.5) is 4.39 Å². The Balaban J connectivity index is 3.19. The summed E-state index contributed by atoms with van der Waals surface area (Å²) in [5.41, 5.74) is 0.335. The van der Waals surface area contributed by atoms with Crippen LogP contribution in [-0.2, 0) is 23.9 Å². The SMILES string of the molecule is COC(=O)C(C(=O)OC)/C(C=O)=C\c1ccc(F)cc1. The summed E-state index contributed by atoms with van der Waals surface area (Å²) in [5.74, 6) is -3.71. The molecule has 0 aliphatic rings. The Hall–Kier alpha value is -2.50. The highest BCUT2D eigenvalue weighted by atomic mass is 19.1. The van der Waals surface area contributed by atoms with Crippen LogP contribution in [0.2, 0.25) is 0 Å². The van der Waals surface area contributed by atoms with Crippen molar-refractivity contribution in [1.82, 2.24) is 0 Å². The first-order valence-electron chi connectivity index (χ1n) is 5.61. The van der Waals surface area contributed by atoms with Gasteiger partial charge in [-0.25, -0.2) is 4.39 Å². The Bertz CT molecular complexity index is 517. The second kappa shape index (κ2) is 7.18. The lowest BCUT2D eigenvalue weighted by Gasteiger charge is -2.12. The fraction of sp³-hybridized carbons (Fsp3) is 0.214. The first-order valence-corrected chi connectivity index (χ1v) is 5.61. The molecule has 0 N–H and O–H groups in total. The molecule has 0 atom stereocenters. The maximum atomic E-state index is 12.8. The Kier molecular flexibility index (Phi) is 5.58. The zero-order chi connectivity index (χ0) is 15.1. The topological polar surface area (TPSA) is 69.7 Å². The van der Waals surface area contributed by atoms with E-state index in [9.17, 15) is 18.8 Å². The zero-order valence-electron chi connectivity index (χ0n) is 11.0. The van der Waals surface area contributed by atoms with Gasteiger partial charge in [0.2, 0.25) is 0 Å². The monoisotopic (exact) mass is 280 g/mol. The predicted molar refractivity (Wildman–Crippen MR) is 68.0 cm³/mol. The molecule has 0 unspecified atom stereocenters. The molecule has 0 aliphatic heterocycles. The lowest BCUT2D eigenvalue weighted by atomic mass is 9.98. The minimum absolute atomic E-state index is 0.129. The van der Waals surface area contributed by atoms with Gasteiger partial charge in [0.1, 0.15) is 12.1 Å². The molecule has 0 aromatic heterocycles. The second-order valence-corrected chi connectivity index (χ2v) is 3.79. The molecule has 20 heavy (non-hydrogen) atoms. The van der Waals surface area contributed by atoms with E-state index in [0.29, 0.717) is 11.8 Å². The first-order chi connectivity index (χ1) is 9.53. The van der Waals surface area contributed by atoms with Crippen molar-refractivity contribution in [3.05, 3.63) is 41.2 Å². The molecule has 0 fully saturated rings. The highest BCUT2D eigenvalue weighted by molar-refractivity contribution is 6.05. The van der Waals surface area contributed by atoms with Gasteiger partial charge in [-0.1, -0.05) is 12.1 Å². The standard InChI is InChI=1S/C14H13FO5/c1-19-13(17)12(14(18)20-2)10(8-16)7-9-3-5-11(15)6-4-9/h3-8,12H,1-2H3/b10-7-. The third kappa shape index (κ3) is 3.74. The Morgan fingerprint density at radius 1 is 1.10 bits per heavy atom. The smallest absolute Gasteiger partial charge is 0.324 e. The number of aldehydes is 1. The second-order valence-electron chi connectivity index (χ2n) is 3.79. The lowest BCUT2D eigenvalue weighted by molar-refractivity contribution is -0.157. The maximum Gasteiger partial charge on any atom is 0.324 e. The van der Waals surface area contributed by atoms with Gasteiger partial charge in [0.05, 0.1) is 14.2 Å². The number of benzene rings is 1. The molecule has 1 rings (SSSR count). The van der Waals surface area contributed by atoms with Gasteiger partial charge in [0, 0.05) is 5.57 Å². The fourth-order valence-electron chi connectivity index (χ4n) is 1.54. The number of carbonyl (C=O) groups is 3. The average molecular weight is 280 g/mol. The number of hydrogen-bond acceptors (Lipinski definition) is 5. The van der Waals surface area contributed by atoms with Gasteiger partial charge in [-0.3, -0.25) is 14.4 Å². The van der Waals surface area contributed by atoms with Crippen molar-refractivity contribution >= 4 is 24.3 Å². The molecule has 0 radical (unpaired) electrons. The number of halogens is 1. The summed E-state index contributed by atoms with van der Waals surface area (Å²) < 4.78 is 21.7. The summed E-state index contributed by atoms with van der Waals surface area (Å²) in [5, 5.41) is 0. The molecular formula is C14H13FO5. The van der Waals surface area contributed by atoms with Gasteiger partial charge in [-0.05, 0) is 23.8 Å². The normalized spacial score (nSPS) is 11.1. The Morgan fingerprint density at radius 3 is 2.00 bits per heavy atom. The number of rotatable bonds is 5. The molecule has 0 amide bonds. The molecule has 0 bridgehead atoms. The lowest BCUT2D eigenvalue weighted by Crippen LogP contribution is -2.28. The molecule has 0 saturated heterocycles.